The van der Waals surface area contributed by atoms with Crippen molar-refractivity contribution in [3.8, 4) is 0 Å². The molecule has 8 unspecified atom stereocenters. The molecule has 0 aliphatic heterocycles. The van der Waals surface area contributed by atoms with Crippen LogP contribution in [-0.2, 0) is 18.4 Å². The van der Waals surface area contributed by atoms with Gasteiger partial charge in [-0.25, -0.2) is 4.57 Å². The summed E-state index contributed by atoms with van der Waals surface area (Å²) < 4.78 is 22.5. The molecule has 1 aliphatic carbocycles. The number of amides is 1. The summed E-state index contributed by atoms with van der Waals surface area (Å²) in [7, 11) is -5.12. The van der Waals surface area contributed by atoms with Crippen LogP contribution in [0.3, 0.4) is 0 Å². The number of carbonyl (C=O) groups is 1. The first-order chi connectivity index (χ1) is 25.3. The lowest BCUT2D eigenvalue weighted by Crippen LogP contribution is -2.64. The molecule has 14 heteroatoms. The molecule has 0 spiro atoms. The van der Waals surface area contributed by atoms with Crippen LogP contribution in [0.25, 0.3) is 0 Å². The van der Waals surface area contributed by atoms with Crippen LogP contribution < -0.4 is 5.32 Å². The fourth-order valence-electron chi connectivity index (χ4n) is 6.14. The van der Waals surface area contributed by atoms with Gasteiger partial charge < -0.3 is 46.0 Å². The zero-order chi connectivity index (χ0) is 39.5. The van der Waals surface area contributed by atoms with Crippen molar-refractivity contribution in [2.45, 2.75) is 197 Å². The maximum atomic E-state index is 12.8. The van der Waals surface area contributed by atoms with Crippen LogP contribution >= 0.6 is 7.82 Å². The number of hydrogen-bond acceptors (Lipinski definition) is 11. The van der Waals surface area contributed by atoms with Gasteiger partial charge in [-0.1, -0.05) is 134 Å². The van der Waals surface area contributed by atoms with Gasteiger partial charge in [0.25, 0.3) is 0 Å². The minimum Gasteiger partial charge on any atom is -0.393 e. The Labute approximate surface area is 317 Å². The van der Waals surface area contributed by atoms with Crippen LogP contribution in [-0.4, -0.2) is 108 Å². The highest BCUT2D eigenvalue weighted by Gasteiger charge is 2.51. The molecule has 1 aliphatic rings. The summed E-state index contributed by atoms with van der Waals surface area (Å²) in [5, 5.41) is 73.6. The minimum absolute atomic E-state index is 0.248. The molecule has 0 aromatic rings. The van der Waals surface area contributed by atoms with E-state index in [-0.39, 0.29) is 6.42 Å². The summed E-state index contributed by atoms with van der Waals surface area (Å²) >= 11 is 0. The quantitative estimate of drug-likeness (QED) is 0.0257. The Kier molecular flexibility index (Phi) is 27.8. The third-order valence-electron chi connectivity index (χ3n) is 9.48. The third kappa shape index (κ3) is 22.6. The van der Waals surface area contributed by atoms with E-state index in [9.17, 15) is 50.0 Å². The average Bonchev–Trinajstić information content (AvgIpc) is 3.12. The molecule has 13 nitrogen and oxygen atoms in total. The van der Waals surface area contributed by atoms with E-state index in [1.165, 1.54) is 63.9 Å². The highest BCUT2D eigenvalue weighted by Crippen LogP contribution is 2.47. The molecule has 310 valence electrons. The van der Waals surface area contributed by atoms with Crippen LogP contribution in [0.5, 0.6) is 0 Å². The second kappa shape index (κ2) is 29.8. The van der Waals surface area contributed by atoms with Crippen LogP contribution in [0.2, 0.25) is 0 Å². The summed E-state index contributed by atoms with van der Waals surface area (Å²) in [6, 6.07) is -1.23. The largest absolute Gasteiger partial charge is 0.472 e. The summed E-state index contributed by atoms with van der Waals surface area (Å²) in [6.07, 6.45) is 17.8. The van der Waals surface area contributed by atoms with Gasteiger partial charge in [-0.3, -0.25) is 13.8 Å². The highest BCUT2D eigenvalue weighted by atomic mass is 31.2. The lowest BCUT2D eigenvalue weighted by molar-refractivity contribution is -0.220. The second-order valence-electron chi connectivity index (χ2n) is 14.3. The molecule has 0 heterocycles. The van der Waals surface area contributed by atoms with Gasteiger partial charge in [-0.05, 0) is 38.5 Å². The molecule has 1 fully saturated rings. The van der Waals surface area contributed by atoms with Crippen LogP contribution in [0, 0.1) is 0 Å². The number of nitrogens with one attached hydrogen (secondary N) is 1. The Bertz CT molecular complexity index is 1060. The topological polar surface area (TPSA) is 226 Å². The molecule has 0 aromatic heterocycles. The number of phosphoric acid groups is 1. The van der Waals surface area contributed by atoms with Crippen LogP contribution in [0.15, 0.2) is 36.5 Å². The summed E-state index contributed by atoms with van der Waals surface area (Å²) in [5.41, 5.74) is 0. The molecular weight excluding hydrogens is 705 g/mol. The first-order valence-corrected chi connectivity index (χ1v) is 21.5. The van der Waals surface area contributed by atoms with Crippen molar-refractivity contribution in [2.75, 3.05) is 6.61 Å². The number of hydrogen-bond donors (Lipinski definition) is 9. The molecule has 1 saturated carbocycles. The molecule has 0 bridgehead atoms. The number of aliphatic hydroxyl groups excluding tert-OH is 7. The van der Waals surface area contributed by atoms with E-state index in [1.54, 1.807) is 6.08 Å². The van der Waals surface area contributed by atoms with E-state index >= 15 is 0 Å². The highest BCUT2D eigenvalue weighted by molar-refractivity contribution is 7.47. The van der Waals surface area contributed by atoms with Crippen molar-refractivity contribution in [1.29, 1.82) is 0 Å². The maximum Gasteiger partial charge on any atom is 0.472 e. The molecule has 0 radical (unpaired) electrons. The van der Waals surface area contributed by atoms with Gasteiger partial charge in [0.15, 0.2) is 0 Å². The van der Waals surface area contributed by atoms with Gasteiger partial charge >= 0.3 is 7.82 Å². The van der Waals surface area contributed by atoms with Crippen LogP contribution in [0.1, 0.15) is 142 Å². The molecule has 53 heavy (non-hydrogen) atoms. The number of allylic oxidation sites excluding steroid dienone is 5. The maximum absolute atomic E-state index is 12.8. The molecule has 1 amide bonds. The van der Waals surface area contributed by atoms with Crippen molar-refractivity contribution in [2.24, 2.45) is 0 Å². The van der Waals surface area contributed by atoms with E-state index in [1.807, 2.05) is 6.92 Å². The van der Waals surface area contributed by atoms with Gasteiger partial charge in [0.05, 0.1) is 31.3 Å². The van der Waals surface area contributed by atoms with E-state index < -0.39 is 75.2 Å². The molecule has 0 aromatic carbocycles. The fourth-order valence-corrected chi connectivity index (χ4v) is 7.11. The lowest BCUT2D eigenvalue weighted by Gasteiger charge is -2.41. The third-order valence-corrected chi connectivity index (χ3v) is 10.5. The Hall–Kier alpha value is -1.48. The molecular formula is C39H72NO12P. The van der Waals surface area contributed by atoms with Gasteiger partial charge in [0, 0.05) is 0 Å². The summed E-state index contributed by atoms with van der Waals surface area (Å²) in [5.74, 6) is -0.605. The average molecular weight is 778 g/mol. The van der Waals surface area contributed by atoms with Gasteiger partial charge in [0.2, 0.25) is 5.91 Å². The molecule has 0 saturated heterocycles. The number of carbonyl (C=O) groups excluding carboxylic acids is 1. The monoisotopic (exact) mass is 777 g/mol. The number of rotatable bonds is 31. The van der Waals surface area contributed by atoms with Gasteiger partial charge in [0.1, 0.15) is 36.6 Å². The van der Waals surface area contributed by atoms with Crippen molar-refractivity contribution in [3.63, 3.8) is 0 Å². The Morgan fingerprint density at radius 3 is 1.77 bits per heavy atom. The zero-order valence-corrected chi connectivity index (χ0v) is 33.1. The first kappa shape index (κ1) is 49.5. The van der Waals surface area contributed by atoms with E-state index in [4.69, 9.17) is 9.05 Å². The lowest BCUT2D eigenvalue weighted by atomic mass is 9.85. The summed E-state index contributed by atoms with van der Waals surface area (Å²) in [4.78, 5) is 23.1. The number of aliphatic hydroxyl groups is 7. The predicted molar refractivity (Wildman–Crippen MR) is 206 cm³/mol. The predicted octanol–water partition coefficient (Wildman–Crippen LogP) is 5.02. The fraction of sp³-hybridized carbons (Fsp3) is 0.821. The van der Waals surface area contributed by atoms with Crippen LogP contribution in [0.4, 0.5) is 0 Å². The van der Waals surface area contributed by atoms with E-state index in [0.717, 1.165) is 51.4 Å². The normalized spacial score (nSPS) is 25.2. The molecule has 1 rings (SSSR count). The number of unbranched alkanes of at least 4 members (excludes halogenated alkanes) is 14. The Morgan fingerprint density at radius 1 is 0.698 bits per heavy atom. The standard InChI is InChI=1S/C39H72NO12P/c1-3-5-7-9-10-11-12-13-14-15-16-17-18-19-20-21-22-23-24-26-30(41)28-33(43)40-31(32(42)27-25-8-6-4-2)29-51-53(49,50)52-39-37(47)35(45)34(44)36(46)38(39)48/h5,7,10-11,25,27,30-32,34-39,41-42,44-48H,3-4,6,8-9,12-24,26,28-29H2,1-2H3,(H,40,43)(H,49,50)/b7-5-,11-10-,27-25+. The van der Waals surface area contributed by atoms with Crippen molar-refractivity contribution < 1.29 is 59.0 Å². The van der Waals surface area contributed by atoms with Crippen molar-refractivity contribution in [3.05, 3.63) is 36.5 Å². The second-order valence-corrected chi connectivity index (χ2v) is 15.7. The Morgan fingerprint density at radius 2 is 1.21 bits per heavy atom. The van der Waals surface area contributed by atoms with E-state index in [2.05, 4.69) is 36.5 Å². The summed E-state index contributed by atoms with van der Waals surface area (Å²) in [6.45, 7) is 3.41. The zero-order valence-electron chi connectivity index (χ0n) is 32.2. The molecule has 9 N–H and O–H groups in total. The smallest absolute Gasteiger partial charge is 0.393 e. The molecule has 8 atom stereocenters. The van der Waals surface area contributed by atoms with Crippen molar-refractivity contribution >= 4 is 13.7 Å². The van der Waals surface area contributed by atoms with Gasteiger partial charge in [-0.15, -0.1) is 0 Å². The first-order valence-electron chi connectivity index (χ1n) is 20.0. The number of phosphoric ester groups is 1. The SMILES string of the molecule is CC/C=C\C/C=C\CCCCCCCCCCCCCCC(O)CC(=O)NC(COP(=O)(O)OC1C(O)C(O)C(O)C(O)C1O)C(O)/C=C/CCCC. The minimum atomic E-state index is -5.12. The van der Waals surface area contributed by atoms with Gasteiger partial charge in [-0.2, -0.15) is 0 Å². The Balaban J connectivity index is 2.37. The van der Waals surface area contributed by atoms with E-state index in [0.29, 0.717) is 12.8 Å². The van der Waals surface area contributed by atoms with Crippen molar-refractivity contribution in [1.82, 2.24) is 5.32 Å².